The molecule has 0 aliphatic heterocycles. The quantitative estimate of drug-likeness (QED) is 0.834. The molecule has 1 heterocycles. The largest absolute Gasteiger partial charge is 0.392 e. The van der Waals surface area contributed by atoms with Crippen LogP contribution in [-0.4, -0.2) is 17.0 Å². The van der Waals surface area contributed by atoms with Crippen LogP contribution >= 0.6 is 34.7 Å². The van der Waals surface area contributed by atoms with E-state index < -0.39 is 0 Å². The molecule has 4 heteroatoms. The lowest BCUT2D eigenvalue weighted by atomic mass is 10.2. The highest BCUT2D eigenvalue weighted by Crippen LogP contribution is 2.24. The fraction of sp³-hybridized carbons (Fsp3) is 0.231. The number of thiophene rings is 1. The van der Waals surface area contributed by atoms with Crippen molar-refractivity contribution in [3.05, 3.63) is 51.7 Å². The highest BCUT2D eigenvalue weighted by molar-refractivity contribution is 7.99. The minimum Gasteiger partial charge on any atom is -0.392 e. The summed E-state index contributed by atoms with van der Waals surface area (Å²) < 4.78 is 0.780. The van der Waals surface area contributed by atoms with E-state index in [2.05, 4.69) is 12.1 Å². The molecule has 0 radical (unpaired) electrons. The van der Waals surface area contributed by atoms with Crippen LogP contribution in [0.3, 0.4) is 0 Å². The van der Waals surface area contributed by atoms with Gasteiger partial charge in [-0.05, 0) is 24.3 Å². The first-order valence-electron chi connectivity index (χ1n) is 5.34. The van der Waals surface area contributed by atoms with Gasteiger partial charge in [0.1, 0.15) is 0 Å². The number of rotatable bonds is 5. The smallest absolute Gasteiger partial charge is 0.0931 e. The maximum atomic E-state index is 9.92. The lowest BCUT2D eigenvalue weighted by Crippen LogP contribution is -2.12. The van der Waals surface area contributed by atoms with Crippen molar-refractivity contribution in [2.75, 3.05) is 5.75 Å². The first-order valence-corrected chi connectivity index (χ1v) is 7.52. The van der Waals surface area contributed by atoms with Gasteiger partial charge in [-0.15, -0.1) is 23.1 Å². The summed E-state index contributed by atoms with van der Waals surface area (Å²) in [7, 11) is 0. The SMILES string of the molecule is OC(CSc1ccccc1)Cc1ccc(Cl)s1. The number of hydrogen-bond donors (Lipinski definition) is 1. The van der Waals surface area contributed by atoms with E-state index >= 15 is 0 Å². The average Bonchev–Trinajstić information content (AvgIpc) is 2.73. The summed E-state index contributed by atoms with van der Waals surface area (Å²) in [4.78, 5) is 2.33. The molecule has 1 atom stereocenters. The van der Waals surface area contributed by atoms with Crippen LogP contribution in [0.4, 0.5) is 0 Å². The Bertz CT molecular complexity index is 455. The fourth-order valence-electron chi connectivity index (χ4n) is 1.46. The molecule has 1 unspecified atom stereocenters. The summed E-state index contributed by atoms with van der Waals surface area (Å²) in [6, 6.07) is 14.0. The van der Waals surface area contributed by atoms with E-state index in [0.717, 1.165) is 9.21 Å². The van der Waals surface area contributed by atoms with E-state index in [4.69, 9.17) is 11.6 Å². The predicted molar refractivity (Wildman–Crippen MR) is 76.2 cm³/mol. The third-order valence-electron chi connectivity index (χ3n) is 2.25. The minimum absolute atomic E-state index is 0.324. The molecule has 2 rings (SSSR count). The van der Waals surface area contributed by atoms with Crippen LogP contribution in [0.1, 0.15) is 4.88 Å². The Balaban J connectivity index is 1.80. The number of aliphatic hydroxyl groups is 1. The lowest BCUT2D eigenvalue weighted by molar-refractivity contribution is 0.201. The zero-order chi connectivity index (χ0) is 12.1. The van der Waals surface area contributed by atoms with E-state index in [1.165, 1.54) is 16.2 Å². The van der Waals surface area contributed by atoms with E-state index in [1.54, 1.807) is 11.8 Å². The molecule has 17 heavy (non-hydrogen) atoms. The van der Waals surface area contributed by atoms with E-state index in [-0.39, 0.29) is 6.10 Å². The van der Waals surface area contributed by atoms with Gasteiger partial charge in [0, 0.05) is 21.9 Å². The van der Waals surface area contributed by atoms with Gasteiger partial charge in [0.15, 0.2) is 0 Å². The third kappa shape index (κ3) is 4.36. The maximum absolute atomic E-state index is 9.92. The molecule has 0 aliphatic carbocycles. The zero-order valence-electron chi connectivity index (χ0n) is 9.17. The summed E-state index contributed by atoms with van der Waals surface area (Å²) in [5.41, 5.74) is 0. The van der Waals surface area contributed by atoms with Gasteiger partial charge in [0.25, 0.3) is 0 Å². The topological polar surface area (TPSA) is 20.2 Å². The second-order valence-corrected chi connectivity index (χ2v) is 6.58. The monoisotopic (exact) mass is 284 g/mol. The summed E-state index contributed by atoms with van der Waals surface area (Å²) in [6.07, 6.45) is 0.354. The van der Waals surface area contributed by atoms with E-state index in [9.17, 15) is 5.11 Å². The first kappa shape index (κ1) is 13.0. The molecule has 1 aromatic heterocycles. The Kier molecular flexibility index (Phi) is 4.92. The summed E-state index contributed by atoms with van der Waals surface area (Å²) in [5, 5.41) is 9.92. The molecule has 2 aromatic rings. The van der Waals surface area contributed by atoms with Gasteiger partial charge in [-0.25, -0.2) is 0 Å². The molecule has 0 aliphatic rings. The van der Waals surface area contributed by atoms with Crippen LogP contribution in [0.15, 0.2) is 47.4 Å². The molecule has 0 saturated heterocycles. The molecule has 1 N–H and O–H groups in total. The van der Waals surface area contributed by atoms with Crippen LogP contribution in [0, 0.1) is 0 Å². The Morgan fingerprint density at radius 2 is 1.94 bits per heavy atom. The van der Waals surface area contributed by atoms with Crippen molar-refractivity contribution in [1.29, 1.82) is 0 Å². The van der Waals surface area contributed by atoms with Crippen molar-refractivity contribution in [3.8, 4) is 0 Å². The Morgan fingerprint density at radius 3 is 2.59 bits per heavy atom. The fourth-order valence-corrected chi connectivity index (χ4v) is 3.47. The van der Waals surface area contributed by atoms with Gasteiger partial charge in [-0.1, -0.05) is 29.8 Å². The van der Waals surface area contributed by atoms with Crippen LogP contribution < -0.4 is 0 Å². The normalized spacial score (nSPS) is 12.6. The Hall–Kier alpha value is -0.480. The van der Waals surface area contributed by atoms with Crippen molar-refractivity contribution < 1.29 is 5.11 Å². The van der Waals surface area contributed by atoms with Crippen LogP contribution in [0.2, 0.25) is 4.34 Å². The predicted octanol–water partition coefficient (Wildman–Crippen LogP) is 4.10. The minimum atomic E-state index is -0.324. The lowest BCUT2D eigenvalue weighted by Gasteiger charge is -2.08. The molecule has 0 fully saturated rings. The number of benzene rings is 1. The van der Waals surface area contributed by atoms with Crippen molar-refractivity contribution in [2.45, 2.75) is 17.4 Å². The standard InChI is InChI=1S/C13H13ClOS2/c14-13-7-6-12(17-13)8-10(15)9-16-11-4-2-1-3-5-11/h1-7,10,15H,8-9H2. The molecular weight excluding hydrogens is 272 g/mol. The summed E-state index contributed by atoms with van der Waals surface area (Å²) >= 11 is 9.06. The number of hydrogen-bond acceptors (Lipinski definition) is 3. The van der Waals surface area contributed by atoms with Crippen LogP contribution in [0.5, 0.6) is 0 Å². The van der Waals surface area contributed by atoms with Crippen molar-refractivity contribution in [2.24, 2.45) is 0 Å². The van der Waals surface area contributed by atoms with E-state index in [1.807, 2.05) is 30.3 Å². The molecule has 0 bridgehead atoms. The van der Waals surface area contributed by atoms with E-state index in [0.29, 0.717) is 12.2 Å². The molecule has 1 aromatic carbocycles. The molecule has 0 amide bonds. The number of thioether (sulfide) groups is 1. The summed E-state index contributed by atoms with van der Waals surface area (Å²) in [6.45, 7) is 0. The molecular formula is C13H13ClOS2. The van der Waals surface area contributed by atoms with Gasteiger partial charge in [0.2, 0.25) is 0 Å². The van der Waals surface area contributed by atoms with Gasteiger partial charge in [-0.3, -0.25) is 0 Å². The summed E-state index contributed by atoms with van der Waals surface area (Å²) in [5.74, 6) is 0.708. The van der Waals surface area contributed by atoms with Crippen molar-refractivity contribution in [3.63, 3.8) is 0 Å². The van der Waals surface area contributed by atoms with Crippen molar-refractivity contribution >= 4 is 34.7 Å². The van der Waals surface area contributed by atoms with Crippen molar-refractivity contribution in [1.82, 2.24) is 0 Å². The first-order chi connectivity index (χ1) is 8.24. The van der Waals surface area contributed by atoms with Crippen LogP contribution in [0.25, 0.3) is 0 Å². The molecule has 1 nitrogen and oxygen atoms in total. The maximum Gasteiger partial charge on any atom is 0.0931 e. The molecule has 0 saturated carbocycles. The average molecular weight is 285 g/mol. The number of aliphatic hydroxyl groups excluding tert-OH is 1. The highest BCUT2D eigenvalue weighted by Gasteiger charge is 2.08. The van der Waals surface area contributed by atoms with Crippen LogP contribution in [-0.2, 0) is 6.42 Å². The second kappa shape index (κ2) is 6.45. The zero-order valence-corrected chi connectivity index (χ0v) is 11.6. The van der Waals surface area contributed by atoms with Gasteiger partial charge in [0.05, 0.1) is 10.4 Å². The van der Waals surface area contributed by atoms with Gasteiger partial charge in [-0.2, -0.15) is 0 Å². The molecule has 90 valence electrons. The number of halogens is 1. The Morgan fingerprint density at radius 1 is 1.18 bits per heavy atom. The Labute approximate surface area is 114 Å². The second-order valence-electron chi connectivity index (χ2n) is 3.69. The third-order valence-corrected chi connectivity index (χ3v) is 4.66. The van der Waals surface area contributed by atoms with Gasteiger partial charge < -0.3 is 5.11 Å². The molecule has 0 spiro atoms. The highest BCUT2D eigenvalue weighted by atomic mass is 35.5. The van der Waals surface area contributed by atoms with Gasteiger partial charge >= 0.3 is 0 Å².